The summed E-state index contributed by atoms with van der Waals surface area (Å²) in [7, 11) is 0. The lowest BCUT2D eigenvalue weighted by molar-refractivity contribution is -0.129. The second-order valence-corrected chi connectivity index (χ2v) is 8.92. The van der Waals surface area contributed by atoms with Crippen LogP contribution in [0.25, 0.3) is 0 Å². The maximum atomic E-state index is 12.6. The van der Waals surface area contributed by atoms with E-state index in [2.05, 4.69) is 0 Å². The molecule has 27 heavy (non-hydrogen) atoms. The Labute approximate surface area is 161 Å². The summed E-state index contributed by atoms with van der Waals surface area (Å²) in [5.74, 6) is 0.694. The fourth-order valence-electron chi connectivity index (χ4n) is 4.26. The van der Waals surface area contributed by atoms with Crippen molar-refractivity contribution in [3.8, 4) is 0 Å². The van der Waals surface area contributed by atoms with Gasteiger partial charge >= 0.3 is 6.09 Å². The number of amides is 1. The molecule has 0 bridgehead atoms. The van der Waals surface area contributed by atoms with E-state index in [4.69, 9.17) is 4.74 Å². The van der Waals surface area contributed by atoms with Gasteiger partial charge in [-0.3, -0.25) is 9.59 Å². The second-order valence-electron chi connectivity index (χ2n) is 8.92. The number of rotatable bonds is 5. The van der Waals surface area contributed by atoms with Gasteiger partial charge in [-0.2, -0.15) is 0 Å². The van der Waals surface area contributed by atoms with Crippen LogP contribution in [0.3, 0.4) is 0 Å². The van der Waals surface area contributed by atoms with E-state index in [0.29, 0.717) is 31.3 Å². The molecule has 0 radical (unpaired) electrons. The van der Waals surface area contributed by atoms with Crippen molar-refractivity contribution in [2.45, 2.75) is 52.1 Å². The van der Waals surface area contributed by atoms with Crippen molar-refractivity contribution < 1.29 is 19.1 Å². The van der Waals surface area contributed by atoms with Crippen molar-refractivity contribution in [3.05, 3.63) is 35.9 Å². The van der Waals surface area contributed by atoms with Crippen molar-refractivity contribution in [3.63, 3.8) is 0 Å². The fourth-order valence-corrected chi connectivity index (χ4v) is 4.26. The third-order valence-electron chi connectivity index (χ3n) is 5.47. The molecule has 1 aromatic rings. The van der Waals surface area contributed by atoms with Crippen molar-refractivity contribution >= 4 is 17.7 Å². The van der Waals surface area contributed by atoms with Crippen molar-refractivity contribution in [2.75, 3.05) is 13.1 Å². The van der Waals surface area contributed by atoms with Crippen LogP contribution >= 0.6 is 0 Å². The lowest BCUT2D eigenvalue weighted by Crippen LogP contribution is -2.36. The number of likely N-dealkylation sites (tertiary alicyclic amines) is 1. The molecule has 0 N–H and O–H groups in total. The first kappa shape index (κ1) is 19.6. The number of carbonyl (C=O) groups excluding carboxylic acids is 3. The molecular weight excluding hydrogens is 342 g/mol. The number of hydrogen-bond donors (Lipinski definition) is 0. The first-order valence-corrected chi connectivity index (χ1v) is 9.77. The SMILES string of the molecule is CC(C)(C)OC(=O)N1CC2CC(C(=O)CC(=O)Cc3ccccc3)CC2C1. The molecular formula is C22H29NO4. The van der Waals surface area contributed by atoms with Crippen LogP contribution < -0.4 is 0 Å². The Morgan fingerprint density at radius 3 is 2.19 bits per heavy atom. The van der Waals surface area contributed by atoms with Gasteiger partial charge in [0.2, 0.25) is 0 Å². The number of ether oxygens (including phenoxy) is 1. The maximum Gasteiger partial charge on any atom is 0.410 e. The maximum absolute atomic E-state index is 12.6. The highest BCUT2D eigenvalue weighted by molar-refractivity contribution is 6.01. The van der Waals surface area contributed by atoms with Crippen LogP contribution in [0.5, 0.6) is 0 Å². The molecule has 1 amide bonds. The number of carbonyl (C=O) groups is 3. The minimum absolute atomic E-state index is 0.0151. The highest BCUT2D eigenvalue weighted by atomic mass is 16.6. The number of fused-ring (bicyclic) bond motifs is 1. The number of ketones is 2. The third kappa shape index (κ3) is 5.18. The first-order valence-electron chi connectivity index (χ1n) is 9.77. The molecule has 1 heterocycles. The second kappa shape index (κ2) is 7.83. The van der Waals surface area contributed by atoms with E-state index in [1.807, 2.05) is 51.1 Å². The van der Waals surface area contributed by atoms with Gasteiger partial charge in [-0.15, -0.1) is 0 Å². The summed E-state index contributed by atoms with van der Waals surface area (Å²) < 4.78 is 5.45. The Bertz CT molecular complexity index is 693. The van der Waals surface area contributed by atoms with Crippen LogP contribution in [-0.2, 0) is 20.7 Å². The van der Waals surface area contributed by atoms with Crippen molar-refractivity contribution in [1.82, 2.24) is 4.90 Å². The molecule has 3 rings (SSSR count). The van der Waals surface area contributed by atoms with Crippen molar-refractivity contribution in [1.29, 1.82) is 0 Å². The zero-order valence-electron chi connectivity index (χ0n) is 16.4. The monoisotopic (exact) mass is 371 g/mol. The van der Waals surface area contributed by atoms with E-state index in [1.54, 1.807) is 4.90 Å². The molecule has 1 aliphatic heterocycles. The summed E-state index contributed by atoms with van der Waals surface area (Å²) >= 11 is 0. The average molecular weight is 371 g/mol. The van der Waals surface area contributed by atoms with Crippen LogP contribution in [0.15, 0.2) is 30.3 Å². The highest BCUT2D eigenvalue weighted by Crippen LogP contribution is 2.42. The number of hydrogen-bond acceptors (Lipinski definition) is 4. The molecule has 2 fully saturated rings. The highest BCUT2D eigenvalue weighted by Gasteiger charge is 2.45. The zero-order chi connectivity index (χ0) is 19.6. The summed E-state index contributed by atoms with van der Waals surface area (Å²) in [6, 6.07) is 9.54. The van der Waals surface area contributed by atoms with Gasteiger partial charge in [0.1, 0.15) is 17.2 Å². The summed E-state index contributed by atoms with van der Waals surface area (Å²) in [5.41, 5.74) is 0.457. The van der Waals surface area contributed by atoms with Crippen LogP contribution in [0.4, 0.5) is 4.79 Å². The van der Waals surface area contributed by atoms with Crippen molar-refractivity contribution in [2.24, 2.45) is 17.8 Å². The van der Waals surface area contributed by atoms with Gasteiger partial charge in [0.05, 0.1) is 6.42 Å². The smallest absolute Gasteiger partial charge is 0.410 e. The predicted molar refractivity (Wildman–Crippen MR) is 102 cm³/mol. The van der Waals surface area contributed by atoms with E-state index in [9.17, 15) is 14.4 Å². The zero-order valence-corrected chi connectivity index (χ0v) is 16.4. The van der Waals surface area contributed by atoms with E-state index in [-0.39, 0.29) is 30.0 Å². The Hall–Kier alpha value is -2.17. The van der Waals surface area contributed by atoms with Gasteiger partial charge in [-0.05, 0) is 51.0 Å². The summed E-state index contributed by atoms with van der Waals surface area (Å²) in [6.45, 7) is 6.90. The first-order chi connectivity index (χ1) is 12.7. The summed E-state index contributed by atoms with van der Waals surface area (Å²) in [6.07, 6.45) is 1.63. The average Bonchev–Trinajstić information content (AvgIpc) is 3.12. The van der Waals surface area contributed by atoms with E-state index in [0.717, 1.165) is 18.4 Å². The molecule has 0 spiro atoms. The minimum Gasteiger partial charge on any atom is -0.444 e. The molecule has 0 aromatic heterocycles. The Morgan fingerprint density at radius 1 is 1.04 bits per heavy atom. The quantitative estimate of drug-likeness (QED) is 0.741. The Balaban J connectivity index is 1.46. The third-order valence-corrected chi connectivity index (χ3v) is 5.47. The normalized spacial score (nSPS) is 24.6. The van der Waals surface area contributed by atoms with E-state index in [1.165, 1.54) is 0 Å². The lowest BCUT2D eigenvalue weighted by atomic mass is 9.94. The molecule has 1 saturated heterocycles. The van der Waals surface area contributed by atoms with Gasteiger partial charge in [0, 0.05) is 25.4 Å². The standard InChI is InChI=1S/C22H29NO4/c1-22(2,3)27-21(26)23-13-17-10-16(11-18(17)14-23)20(25)12-19(24)9-15-7-5-4-6-8-15/h4-8,16-18H,9-14H2,1-3H3. The topological polar surface area (TPSA) is 63.7 Å². The van der Waals surface area contributed by atoms with Gasteiger partial charge < -0.3 is 9.64 Å². The predicted octanol–water partition coefficient (Wildman–Crippen LogP) is 3.65. The number of benzene rings is 1. The summed E-state index contributed by atoms with van der Waals surface area (Å²) in [5, 5.41) is 0. The van der Waals surface area contributed by atoms with Crippen LogP contribution in [-0.4, -0.2) is 41.3 Å². The van der Waals surface area contributed by atoms with E-state index < -0.39 is 5.60 Å². The van der Waals surface area contributed by atoms with Gasteiger partial charge in [0.25, 0.3) is 0 Å². The molecule has 1 saturated carbocycles. The lowest BCUT2D eigenvalue weighted by Gasteiger charge is -2.25. The minimum atomic E-state index is -0.494. The Morgan fingerprint density at radius 2 is 1.63 bits per heavy atom. The molecule has 5 heteroatoms. The number of nitrogens with zero attached hydrogens (tertiary/aromatic N) is 1. The fraction of sp³-hybridized carbons (Fsp3) is 0.591. The molecule has 2 atom stereocenters. The van der Waals surface area contributed by atoms with Gasteiger partial charge in [-0.1, -0.05) is 30.3 Å². The molecule has 1 aliphatic carbocycles. The molecule has 2 aliphatic rings. The summed E-state index contributed by atoms with van der Waals surface area (Å²) in [4.78, 5) is 38.7. The van der Waals surface area contributed by atoms with Gasteiger partial charge in [0.15, 0.2) is 0 Å². The molecule has 5 nitrogen and oxygen atoms in total. The van der Waals surface area contributed by atoms with Crippen LogP contribution in [0.2, 0.25) is 0 Å². The molecule has 146 valence electrons. The van der Waals surface area contributed by atoms with Gasteiger partial charge in [-0.25, -0.2) is 4.79 Å². The molecule has 1 aromatic carbocycles. The molecule has 2 unspecified atom stereocenters. The van der Waals surface area contributed by atoms with Crippen LogP contribution in [0, 0.1) is 17.8 Å². The largest absolute Gasteiger partial charge is 0.444 e. The Kier molecular flexibility index (Phi) is 5.68. The van der Waals surface area contributed by atoms with Crippen LogP contribution in [0.1, 0.15) is 45.6 Å². The number of Topliss-reactive ketones (excluding diaryl/α,β-unsaturated/α-hetero) is 2. The van der Waals surface area contributed by atoms with E-state index >= 15 is 0 Å².